The van der Waals surface area contributed by atoms with Gasteiger partial charge >= 0.3 is 5.97 Å². The molecule has 1 aromatic carbocycles. The minimum Gasteiger partial charge on any atom is -0.469 e. The van der Waals surface area contributed by atoms with Gasteiger partial charge in [0.25, 0.3) is 0 Å². The zero-order chi connectivity index (χ0) is 12.1. The van der Waals surface area contributed by atoms with E-state index in [1.165, 1.54) is 18.4 Å². The van der Waals surface area contributed by atoms with Crippen molar-refractivity contribution in [2.75, 3.05) is 19.0 Å². The van der Waals surface area contributed by atoms with Crippen molar-refractivity contribution in [1.29, 1.82) is 0 Å². The van der Waals surface area contributed by atoms with Gasteiger partial charge in [-0.05, 0) is 36.8 Å². The van der Waals surface area contributed by atoms with Crippen molar-refractivity contribution in [3.63, 3.8) is 0 Å². The Hall–Kier alpha value is -1.51. The summed E-state index contributed by atoms with van der Waals surface area (Å²) in [5.41, 5.74) is 2.65. The molecule has 1 N–H and O–H groups in total. The SMILES string of the molecule is COC(=O)CCCC1CNc2ccccc2C1. The molecule has 92 valence electrons. The lowest BCUT2D eigenvalue weighted by Gasteiger charge is -2.25. The Morgan fingerprint density at radius 2 is 2.29 bits per heavy atom. The quantitative estimate of drug-likeness (QED) is 0.812. The second kappa shape index (κ2) is 5.71. The summed E-state index contributed by atoms with van der Waals surface area (Å²) in [4.78, 5) is 11.0. The van der Waals surface area contributed by atoms with Crippen LogP contribution in [0, 0.1) is 5.92 Å². The molecule has 1 aliphatic rings. The van der Waals surface area contributed by atoms with E-state index in [4.69, 9.17) is 0 Å². The van der Waals surface area contributed by atoms with E-state index in [1.807, 2.05) is 0 Å². The molecule has 1 atom stereocenters. The Balaban J connectivity index is 1.80. The number of carbonyl (C=O) groups excluding carboxylic acids is 1. The third-order valence-electron chi connectivity index (χ3n) is 3.33. The molecule has 1 heterocycles. The number of nitrogens with one attached hydrogen (secondary N) is 1. The monoisotopic (exact) mass is 233 g/mol. The normalized spacial score (nSPS) is 18.1. The largest absolute Gasteiger partial charge is 0.469 e. The fourth-order valence-corrected chi connectivity index (χ4v) is 2.35. The average Bonchev–Trinajstić information content (AvgIpc) is 2.38. The lowest BCUT2D eigenvalue weighted by Crippen LogP contribution is -2.23. The van der Waals surface area contributed by atoms with Crippen molar-refractivity contribution in [2.45, 2.75) is 25.7 Å². The number of ether oxygens (including phenoxy) is 1. The lowest BCUT2D eigenvalue weighted by atomic mass is 9.90. The third kappa shape index (κ3) is 3.22. The van der Waals surface area contributed by atoms with Crippen molar-refractivity contribution in [2.24, 2.45) is 5.92 Å². The van der Waals surface area contributed by atoms with Crippen LogP contribution in [0.2, 0.25) is 0 Å². The van der Waals surface area contributed by atoms with Gasteiger partial charge in [-0.1, -0.05) is 18.2 Å². The van der Waals surface area contributed by atoms with Gasteiger partial charge in [0.1, 0.15) is 0 Å². The molecule has 3 nitrogen and oxygen atoms in total. The molecular weight excluding hydrogens is 214 g/mol. The number of para-hydroxylation sites is 1. The van der Waals surface area contributed by atoms with Crippen molar-refractivity contribution < 1.29 is 9.53 Å². The molecular formula is C14H19NO2. The molecule has 0 spiro atoms. The lowest BCUT2D eigenvalue weighted by molar-refractivity contribution is -0.140. The summed E-state index contributed by atoms with van der Waals surface area (Å²) in [5, 5.41) is 3.45. The van der Waals surface area contributed by atoms with E-state index >= 15 is 0 Å². The molecule has 0 saturated heterocycles. The summed E-state index contributed by atoms with van der Waals surface area (Å²) in [6.07, 6.45) is 3.65. The van der Waals surface area contributed by atoms with Crippen LogP contribution < -0.4 is 5.32 Å². The van der Waals surface area contributed by atoms with Crippen molar-refractivity contribution >= 4 is 11.7 Å². The van der Waals surface area contributed by atoms with E-state index in [2.05, 4.69) is 34.3 Å². The smallest absolute Gasteiger partial charge is 0.305 e. The Morgan fingerprint density at radius 1 is 1.47 bits per heavy atom. The van der Waals surface area contributed by atoms with E-state index in [0.717, 1.165) is 25.8 Å². The predicted molar refractivity (Wildman–Crippen MR) is 68.0 cm³/mol. The molecule has 17 heavy (non-hydrogen) atoms. The highest BCUT2D eigenvalue weighted by Crippen LogP contribution is 2.26. The molecule has 0 fully saturated rings. The van der Waals surface area contributed by atoms with Crippen LogP contribution in [0.15, 0.2) is 24.3 Å². The first-order chi connectivity index (χ1) is 8.29. The highest BCUT2D eigenvalue weighted by atomic mass is 16.5. The fraction of sp³-hybridized carbons (Fsp3) is 0.500. The van der Waals surface area contributed by atoms with Crippen LogP contribution >= 0.6 is 0 Å². The van der Waals surface area contributed by atoms with Gasteiger partial charge in [0.2, 0.25) is 0 Å². The van der Waals surface area contributed by atoms with Gasteiger partial charge in [0.15, 0.2) is 0 Å². The number of carbonyl (C=O) groups is 1. The van der Waals surface area contributed by atoms with Gasteiger partial charge in [-0.2, -0.15) is 0 Å². The molecule has 0 radical (unpaired) electrons. The van der Waals surface area contributed by atoms with Crippen LogP contribution in [0.1, 0.15) is 24.8 Å². The number of esters is 1. The predicted octanol–water partition coefficient (Wildman–Crippen LogP) is 2.61. The summed E-state index contributed by atoms with van der Waals surface area (Å²) in [6, 6.07) is 8.44. The molecule has 0 aliphatic carbocycles. The third-order valence-corrected chi connectivity index (χ3v) is 3.33. The molecule has 1 aromatic rings. The minimum atomic E-state index is -0.103. The first kappa shape index (κ1) is 12.0. The maximum Gasteiger partial charge on any atom is 0.305 e. The van der Waals surface area contributed by atoms with Crippen LogP contribution in [-0.4, -0.2) is 19.6 Å². The molecule has 0 amide bonds. The number of benzene rings is 1. The maximum atomic E-state index is 11.0. The topological polar surface area (TPSA) is 38.3 Å². The fourth-order valence-electron chi connectivity index (χ4n) is 2.35. The van der Waals surface area contributed by atoms with E-state index in [-0.39, 0.29) is 5.97 Å². The summed E-state index contributed by atoms with van der Waals surface area (Å²) in [5.74, 6) is 0.531. The number of anilines is 1. The number of hydrogen-bond donors (Lipinski definition) is 1. The Bertz CT molecular complexity index is 390. The number of hydrogen-bond acceptors (Lipinski definition) is 3. The summed E-state index contributed by atoms with van der Waals surface area (Å²) in [7, 11) is 1.45. The van der Waals surface area contributed by atoms with Crippen LogP contribution in [0.25, 0.3) is 0 Å². The highest BCUT2D eigenvalue weighted by molar-refractivity contribution is 5.69. The molecule has 1 unspecified atom stereocenters. The molecule has 0 bridgehead atoms. The second-order valence-electron chi connectivity index (χ2n) is 4.58. The molecule has 0 aromatic heterocycles. The van der Waals surface area contributed by atoms with Crippen molar-refractivity contribution in [3.8, 4) is 0 Å². The first-order valence-electron chi connectivity index (χ1n) is 6.18. The zero-order valence-electron chi connectivity index (χ0n) is 10.2. The summed E-state index contributed by atoms with van der Waals surface area (Å²) >= 11 is 0. The van der Waals surface area contributed by atoms with E-state index in [0.29, 0.717) is 12.3 Å². The molecule has 1 aliphatic heterocycles. The number of rotatable bonds is 4. The van der Waals surface area contributed by atoms with E-state index < -0.39 is 0 Å². The van der Waals surface area contributed by atoms with Crippen molar-refractivity contribution in [1.82, 2.24) is 0 Å². The summed E-state index contributed by atoms with van der Waals surface area (Å²) < 4.78 is 4.64. The zero-order valence-corrected chi connectivity index (χ0v) is 10.2. The van der Waals surface area contributed by atoms with Crippen molar-refractivity contribution in [3.05, 3.63) is 29.8 Å². The molecule has 0 saturated carbocycles. The van der Waals surface area contributed by atoms with Crippen LogP contribution in [0.5, 0.6) is 0 Å². The van der Waals surface area contributed by atoms with E-state index in [1.54, 1.807) is 0 Å². The van der Waals surface area contributed by atoms with E-state index in [9.17, 15) is 4.79 Å². The first-order valence-corrected chi connectivity index (χ1v) is 6.18. The van der Waals surface area contributed by atoms with Crippen LogP contribution in [0.4, 0.5) is 5.69 Å². The van der Waals surface area contributed by atoms with Gasteiger partial charge in [0, 0.05) is 18.7 Å². The minimum absolute atomic E-state index is 0.103. The van der Waals surface area contributed by atoms with Gasteiger partial charge in [-0.25, -0.2) is 0 Å². The van der Waals surface area contributed by atoms with Gasteiger partial charge in [-0.3, -0.25) is 4.79 Å². The second-order valence-corrected chi connectivity index (χ2v) is 4.58. The average molecular weight is 233 g/mol. The van der Waals surface area contributed by atoms with Gasteiger partial charge in [-0.15, -0.1) is 0 Å². The maximum absolute atomic E-state index is 11.0. The Morgan fingerprint density at radius 3 is 3.12 bits per heavy atom. The van der Waals surface area contributed by atoms with Crippen LogP contribution in [0.3, 0.4) is 0 Å². The molecule has 2 rings (SSSR count). The number of fused-ring (bicyclic) bond motifs is 1. The summed E-state index contributed by atoms with van der Waals surface area (Å²) in [6.45, 7) is 1.01. The van der Waals surface area contributed by atoms with Crippen LogP contribution in [-0.2, 0) is 16.0 Å². The standard InChI is InChI=1S/C14H19NO2/c1-17-14(16)8-4-5-11-9-12-6-2-3-7-13(12)15-10-11/h2-3,6-7,11,15H,4-5,8-10H2,1H3. The Labute approximate surface area is 102 Å². The highest BCUT2D eigenvalue weighted by Gasteiger charge is 2.17. The van der Waals surface area contributed by atoms with Gasteiger partial charge < -0.3 is 10.1 Å². The van der Waals surface area contributed by atoms with Gasteiger partial charge in [0.05, 0.1) is 7.11 Å². The Kier molecular flexibility index (Phi) is 4.02. The number of methoxy groups -OCH3 is 1. The molecule has 3 heteroatoms.